The van der Waals surface area contributed by atoms with Gasteiger partial charge in [-0.25, -0.2) is 13.2 Å². The lowest BCUT2D eigenvalue weighted by molar-refractivity contribution is 0.286. The minimum atomic E-state index is -1.53. The van der Waals surface area contributed by atoms with Crippen molar-refractivity contribution in [3.8, 4) is 11.4 Å². The third kappa shape index (κ3) is 3.41. The summed E-state index contributed by atoms with van der Waals surface area (Å²) in [7, 11) is 0. The van der Waals surface area contributed by atoms with Crippen LogP contribution in [0.15, 0.2) is 16.7 Å². The number of hydrogen-bond donors (Lipinski definition) is 1. The van der Waals surface area contributed by atoms with Crippen LogP contribution in [-0.2, 0) is 6.42 Å². The second-order valence-electron chi connectivity index (χ2n) is 5.94. The second kappa shape index (κ2) is 5.48. The quantitative estimate of drug-likeness (QED) is 0.885. The van der Waals surface area contributed by atoms with Crippen LogP contribution in [0.3, 0.4) is 0 Å². The first-order valence-corrected chi connectivity index (χ1v) is 6.41. The van der Waals surface area contributed by atoms with Gasteiger partial charge in [-0.3, -0.25) is 0 Å². The van der Waals surface area contributed by atoms with E-state index in [1.165, 1.54) is 0 Å². The van der Waals surface area contributed by atoms with Crippen LogP contribution >= 0.6 is 0 Å². The predicted octanol–water partition coefficient (Wildman–Crippen LogP) is 3.07. The summed E-state index contributed by atoms with van der Waals surface area (Å²) in [5, 5.41) is 3.64. The molecule has 1 atom stereocenters. The Bertz CT molecular complexity index is 626. The Morgan fingerprint density at radius 1 is 1.19 bits per heavy atom. The predicted molar refractivity (Wildman–Crippen MR) is 70.7 cm³/mol. The number of benzene rings is 1. The van der Waals surface area contributed by atoms with E-state index < -0.39 is 17.5 Å². The Morgan fingerprint density at radius 2 is 1.76 bits per heavy atom. The van der Waals surface area contributed by atoms with Crippen LogP contribution in [0.4, 0.5) is 13.2 Å². The van der Waals surface area contributed by atoms with Crippen molar-refractivity contribution in [3.05, 3.63) is 35.5 Å². The summed E-state index contributed by atoms with van der Waals surface area (Å²) >= 11 is 0. The fourth-order valence-corrected chi connectivity index (χ4v) is 1.63. The third-order valence-corrected chi connectivity index (χ3v) is 3.22. The number of rotatable bonds is 3. The van der Waals surface area contributed by atoms with Gasteiger partial charge >= 0.3 is 0 Å². The first kappa shape index (κ1) is 15.5. The highest BCUT2D eigenvalue weighted by molar-refractivity contribution is 5.54. The van der Waals surface area contributed by atoms with Crippen LogP contribution in [0.2, 0.25) is 0 Å². The summed E-state index contributed by atoms with van der Waals surface area (Å²) in [5.74, 6) is -3.89. The topological polar surface area (TPSA) is 64.9 Å². The van der Waals surface area contributed by atoms with Crippen molar-refractivity contribution in [2.45, 2.75) is 33.2 Å². The third-order valence-electron chi connectivity index (χ3n) is 3.22. The minimum Gasteiger partial charge on any atom is -0.339 e. The van der Waals surface area contributed by atoms with Gasteiger partial charge in [-0.2, -0.15) is 4.98 Å². The van der Waals surface area contributed by atoms with E-state index in [1.807, 2.05) is 20.8 Å². The first-order chi connectivity index (χ1) is 9.68. The normalized spacial score (nSPS) is 13.5. The Hall–Kier alpha value is -1.89. The van der Waals surface area contributed by atoms with Crippen molar-refractivity contribution >= 4 is 0 Å². The molecule has 7 heteroatoms. The molecular formula is C14H16F3N3O. The van der Waals surface area contributed by atoms with Gasteiger partial charge in [0, 0.05) is 18.0 Å². The zero-order valence-corrected chi connectivity index (χ0v) is 12.0. The molecule has 0 aliphatic heterocycles. The maximum atomic E-state index is 13.2. The monoisotopic (exact) mass is 299 g/mol. The molecule has 0 saturated heterocycles. The number of nitrogens with zero attached hydrogens (tertiary/aromatic N) is 2. The summed E-state index contributed by atoms with van der Waals surface area (Å²) in [6.45, 7) is 5.92. The molecule has 1 heterocycles. The molecule has 0 amide bonds. The van der Waals surface area contributed by atoms with Gasteiger partial charge in [0.25, 0.3) is 0 Å². The highest BCUT2D eigenvalue weighted by atomic mass is 19.2. The fourth-order valence-electron chi connectivity index (χ4n) is 1.63. The van der Waals surface area contributed by atoms with E-state index in [4.69, 9.17) is 10.3 Å². The van der Waals surface area contributed by atoms with Crippen LogP contribution in [-0.4, -0.2) is 16.2 Å². The Morgan fingerprint density at radius 3 is 2.29 bits per heavy atom. The van der Waals surface area contributed by atoms with Gasteiger partial charge in [-0.15, -0.1) is 0 Å². The molecule has 1 unspecified atom stereocenters. The van der Waals surface area contributed by atoms with E-state index in [0.717, 1.165) is 12.1 Å². The van der Waals surface area contributed by atoms with E-state index in [9.17, 15) is 13.2 Å². The number of halogens is 3. The van der Waals surface area contributed by atoms with Gasteiger partial charge in [0.05, 0.1) is 0 Å². The van der Waals surface area contributed by atoms with Crippen LogP contribution in [0, 0.1) is 22.9 Å². The van der Waals surface area contributed by atoms with Gasteiger partial charge in [0.1, 0.15) is 0 Å². The lowest BCUT2D eigenvalue weighted by atomic mass is 9.85. The molecule has 0 saturated carbocycles. The molecule has 2 aromatic rings. The van der Waals surface area contributed by atoms with Crippen molar-refractivity contribution in [1.82, 2.24) is 10.1 Å². The van der Waals surface area contributed by atoms with Crippen molar-refractivity contribution in [2.75, 3.05) is 0 Å². The lowest BCUT2D eigenvalue weighted by Crippen LogP contribution is -2.36. The molecule has 0 fully saturated rings. The molecule has 114 valence electrons. The van der Waals surface area contributed by atoms with E-state index in [1.54, 1.807) is 0 Å². The van der Waals surface area contributed by atoms with Crippen LogP contribution in [0.5, 0.6) is 0 Å². The van der Waals surface area contributed by atoms with E-state index in [2.05, 4.69) is 10.1 Å². The van der Waals surface area contributed by atoms with Gasteiger partial charge in [-0.05, 0) is 17.5 Å². The number of hydrogen-bond acceptors (Lipinski definition) is 4. The molecule has 0 aliphatic rings. The maximum absolute atomic E-state index is 13.2. The largest absolute Gasteiger partial charge is 0.339 e. The molecule has 0 bridgehead atoms. The van der Waals surface area contributed by atoms with Gasteiger partial charge in [0.2, 0.25) is 11.7 Å². The molecule has 0 aliphatic carbocycles. The fraction of sp³-hybridized carbons (Fsp3) is 0.429. The molecule has 0 spiro atoms. The molecule has 4 nitrogen and oxygen atoms in total. The standard InChI is InChI=1S/C14H16F3N3O/c1-14(2,3)10(18)6-11-19-13(20-21-11)7-4-8(15)12(17)9(16)5-7/h4-5,10H,6,18H2,1-3H3. The van der Waals surface area contributed by atoms with Crippen molar-refractivity contribution < 1.29 is 17.7 Å². The summed E-state index contributed by atoms with van der Waals surface area (Å²) in [4.78, 5) is 4.03. The zero-order chi connectivity index (χ0) is 15.8. The minimum absolute atomic E-state index is 0.00531. The molecule has 21 heavy (non-hydrogen) atoms. The van der Waals surface area contributed by atoms with Crippen molar-refractivity contribution in [1.29, 1.82) is 0 Å². The zero-order valence-electron chi connectivity index (χ0n) is 12.0. The average molecular weight is 299 g/mol. The van der Waals surface area contributed by atoms with Crippen LogP contribution < -0.4 is 5.73 Å². The highest BCUT2D eigenvalue weighted by Crippen LogP contribution is 2.23. The van der Waals surface area contributed by atoms with Crippen molar-refractivity contribution in [3.63, 3.8) is 0 Å². The SMILES string of the molecule is CC(C)(C)C(N)Cc1nc(-c2cc(F)c(F)c(F)c2)no1. The molecule has 1 aromatic carbocycles. The smallest absolute Gasteiger partial charge is 0.228 e. The van der Waals surface area contributed by atoms with E-state index >= 15 is 0 Å². The average Bonchev–Trinajstić information content (AvgIpc) is 2.82. The van der Waals surface area contributed by atoms with E-state index in [0.29, 0.717) is 6.42 Å². The van der Waals surface area contributed by atoms with Crippen LogP contribution in [0.1, 0.15) is 26.7 Å². The summed E-state index contributed by atoms with van der Waals surface area (Å²) in [6.07, 6.45) is 0.336. The number of aromatic nitrogens is 2. The molecular weight excluding hydrogens is 283 g/mol. The summed E-state index contributed by atoms with van der Waals surface area (Å²) < 4.78 is 44.3. The van der Waals surface area contributed by atoms with Gasteiger partial charge in [-0.1, -0.05) is 25.9 Å². The second-order valence-corrected chi connectivity index (χ2v) is 5.94. The molecule has 2 N–H and O–H groups in total. The van der Waals surface area contributed by atoms with E-state index in [-0.39, 0.29) is 28.7 Å². The first-order valence-electron chi connectivity index (χ1n) is 6.41. The Kier molecular flexibility index (Phi) is 4.04. The summed E-state index contributed by atoms with van der Waals surface area (Å²) in [5.41, 5.74) is 5.86. The number of nitrogens with two attached hydrogens (primary N) is 1. The molecule has 0 radical (unpaired) electrons. The van der Waals surface area contributed by atoms with Gasteiger partial charge < -0.3 is 10.3 Å². The van der Waals surface area contributed by atoms with Crippen molar-refractivity contribution in [2.24, 2.45) is 11.1 Å². The lowest BCUT2D eigenvalue weighted by Gasteiger charge is -2.25. The molecule has 2 rings (SSSR count). The highest BCUT2D eigenvalue weighted by Gasteiger charge is 2.24. The maximum Gasteiger partial charge on any atom is 0.228 e. The molecule has 1 aromatic heterocycles. The summed E-state index contributed by atoms with van der Waals surface area (Å²) in [6, 6.07) is 1.42. The van der Waals surface area contributed by atoms with Crippen LogP contribution in [0.25, 0.3) is 11.4 Å². The Labute approximate surface area is 120 Å². The Balaban J connectivity index is 2.24. The van der Waals surface area contributed by atoms with Gasteiger partial charge in [0.15, 0.2) is 17.5 Å².